The molecular weight excluding hydrogens is 162 g/mol. The van der Waals surface area contributed by atoms with E-state index in [9.17, 15) is 4.79 Å². The number of carboxylic acids is 1. The highest BCUT2D eigenvalue weighted by Gasteiger charge is 2.37. The minimum atomic E-state index is -1.01. The van der Waals surface area contributed by atoms with Gasteiger partial charge in [-0.2, -0.15) is 0 Å². The van der Waals surface area contributed by atoms with Gasteiger partial charge < -0.3 is 21.1 Å². The summed E-state index contributed by atoms with van der Waals surface area (Å²) in [6.07, 6.45) is -1.64. The minimum absolute atomic E-state index is 0.0394. The largest absolute Gasteiger partial charge is 0.481 e. The molecule has 0 aromatic carbocycles. The van der Waals surface area contributed by atoms with Gasteiger partial charge >= 0.3 is 5.97 Å². The number of hydrogen-bond acceptors (Lipinski definition) is 4. The van der Waals surface area contributed by atoms with Crippen molar-refractivity contribution >= 4 is 5.97 Å². The lowest BCUT2D eigenvalue weighted by Gasteiger charge is -2.32. The Labute approximate surface area is 69.8 Å². The van der Waals surface area contributed by atoms with Gasteiger partial charge in [-0.25, -0.2) is 0 Å². The number of carbonyl (C=O) groups is 1. The van der Waals surface area contributed by atoms with Crippen LogP contribution in [-0.4, -0.2) is 39.5 Å². The van der Waals surface area contributed by atoms with Crippen LogP contribution < -0.4 is 5.73 Å². The predicted octanol–water partition coefficient (Wildman–Crippen LogP) is -1.47. The number of rotatable bonds is 1. The van der Waals surface area contributed by atoms with Crippen molar-refractivity contribution in [3.8, 4) is 0 Å². The van der Waals surface area contributed by atoms with Crippen LogP contribution in [0.1, 0.15) is 12.8 Å². The Bertz CT molecular complexity index is 184. The van der Waals surface area contributed by atoms with Gasteiger partial charge in [-0.3, -0.25) is 4.79 Å². The van der Waals surface area contributed by atoms with Crippen LogP contribution >= 0.6 is 0 Å². The number of aliphatic hydroxyl groups is 2. The van der Waals surface area contributed by atoms with E-state index in [-0.39, 0.29) is 12.8 Å². The molecule has 0 aromatic rings. The first-order valence-corrected chi connectivity index (χ1v) is 3.87. The summed E-state index contributed by atoms with van der Waals surface area (Å²) in [5.74, 6) is -1.74. The summed E-state index contributed by atoms with van der Waals surface area (Å²) in [7, 11) is 0. The highest BCUT2D eigenvalue weighted by atomic mass is 16.4. The second-order valence-corrected chi connectivity index (χ2v) is 3.21. The van der Waals surface area contributed by atoms with Gasteiger partial charge in [0.15, 0.2) is 0 Å². The van der Waals surface area contributed by atoms with E-state index in [4.69, 9.17) is 21.1 Å². The van der Waals surface area contributed by atoms with Crippen molar-refractivity contribution in [3.05, 3.63) is 0 Å². The van der Waals surface area contributed by atoms with Crippen molar-refractivity contribution in [3.63, 3.8) is 0 Å². The van der Waals surface area contributed by atoms with Gasteiger partial charge in [0.1, 0.15) is 0 Å². The van der Waals surface area contributed by atoms with Crippen molar-refractivity contribution in [2.45, 2.75) is 31.1 Å². The SMILES string of the molecule is N[C@H]1C[C@H](O)[C@H](O)C[C@H]1C(=O)O. The predicted molar refractivity (Wildman–Crippen MR) is 40.3 cm³/mol. The molecule has 0 aliphatic heterocycles. The Morgan fingerprint density at radius 3 is 2.25 bits per heavy atom. The quantitative estimate of drug-likeness (QED) is 0.389. The lowest BCUT2D eigenvalue weighted by molar-refractivity contribution is -0.147. The van der Waals surface area contributed by atoms with Crippen LogP contribution in [0.2, 0.25) is 0 Å². The Hall–Kier alpha value is -0.650. The maximum Gasteiger partial charge on any atom is 0.308 e. The van der Waals surface area contributed by atoms with Crippen LogP contribution in [0, 0.1) is 5.92 Å². The van der Waals surface area contributed by atoms with Crippen molar-refractivity contribution in [1.29, 1.82) is 0 Å². The Balaban J connectivity index is 2.61. The van der Waals surface area contributed by atoms with E-state index >= 15 is 0 Å². The molecular formula is C7H13NO4. The highest BCUT2D eigenvalue weighted by Crippen LogP contribution is 2.23. The standard InChI is InChI=1S/C7H13NO4/c8-4-2-6(10)5(9)1-3(4)7(11)12/h3-6,9-10H,1-2,8H2,(H,11,12)/t3-,4+,5-,6+/m1/s1. The third-order valence-electron chi connectivity index (χ3n) is 2.29. The lowest BCUT2D eigenvalue weighted by atomic mass is 9.82. The monoisotopic (exact) mass is 175 g/mol. The van der Waals surface area contributed by atoms with Gasteiger partial charge in [-0.1, -0.05) is 0 Å². The Morgan fingerprint density at radius 2 is 1.75 bits per heavy atom. The average molecular weight is 175 g/mol. The highest BCUT2D eigenvalue weighted by molar-refractivity contribution is 5.71. The summed E-state index contributed by atoms with van der Waals surface area (Å²) in [4.78, 5) is 10.5. The first-order chi connectivity index (χ1) is 5.52. The molecule has 1 aliphatic carbocycles. The molecule has 0 bridgehead atoms. The van der Waals surface area contributed by atoms with Crippen LogP contribution in [0.5, 0.6) is 0 Å². The number of aliphatic hydroxyl groups excluding tert-OH is 2. The average Bonchev–Trinajstić information content (AvgIpc) is 1.96. The van der Waals surface area contributed by atoms with E-state index in [2.05, 4.69) is 0 Å². The van der Waals surface area contributed by atoms with Crippen molar-refractivity contribution in [2.75, 3.05) is 0 Å². The molecule has 1 saturated carbocycles. The van der Waals surface area contributed by atoms with E-state index < -0.39 is 30.1 Å². The summed E-state index contributed by atoms with van der Waals surface area (Å²) in [5, 5.41) is 26.9. The minimum Gasteiger partial charge on any atom is -0.481 e. The van der Waals surface area contributed by atoms with E-state index in [0.29, 0.717) is 0 Å². The first kappa shape index (κ1) is 9.44. The van der Waals surface area contributed by atoms with Gasteiger partial charge in [0.25, 0.3) is 0 Å². The molecule has 1 rings (SSSR count). The second-order valence-electron chi connectivity index (χ2n) is 3.21. The van der Waals surface area contributed by atoms with Crippen LogP contribution in [0.4, 0.5) is 0 Å². The Kier molecular flexibility index (Phi) is 2.66. The molecule has 5 nitrogen and oxygen atoms in total. The summed E-state index contributed by atoms with van der Waals surface area (Å²) >= 11 is 0. The fourth-order valence-corrected chi connectivity index (χ4v) is 1.48. The van der Waals surface area contributed by atoms with Gasteiger partial charge in [0.2, 0.25) is 0 Å². The van der Waals surface area contributed by atoms with Gasteiger partial charge in [0, 0.05) is 6.04 Å². The van der Waals surface area contributed by atoms with Crippen molar-refractivity contribution in [2.24, 2.45) is 11.7 Å². The second kappa shape index (κ2) is 3.38. The molecule has 5 N–H and O–H groups in total. The van der Waals surface area contributed by atoms with Crippen molar-refractivity contribution < 1.29 is 20.1 Å². The van der Waals surface area contributed by atoms with E-state index in [1.807, 2.05) is 0 Å². The molecule has 0 spiro atoms. The van der Waals surface area contributed by atoms with E-state index in [1.54, 1.807) is 0 Å². The summed E-state index contributed by atoms with van der Waals surface area (Å²) in [6, 6.07) is -0.555. The van der Waals surface area contributed by atoms with E-state index in [0.717, 1.165) is 0 Å². The fourth-order valence-electron chi connectivity index (χ4n) is 1.48. The summed E-state index contributed by atoms with van der Waals surface area (Å²) in [5.41, 5.74) is 5.48. The first-order valence-electron chi connectivity index (χ1n) is 3.87. The fraction of sp³-hybridized carbons (Fsp3) is 0.857. The van der Waals surface area contributed by atoms with Gasteiger partial charge in [-0.05, 0) is 12.8 Å². The number of aliphatic carboxylic acids is 1. The number of carboxylic acid groups (broad SMARTS) is 1. The number of nitrogens with two attached hydrogens (primary N) is 1. The zero-order chi connectivity index (χ0) is 9.30. The molecule has 0 radical (unpaired) electrons. The molecule has 4 atom stereocenters. The van der Waals surface area contributed by atoms with Crippen LogP contribution in [0.15, 0.2) is 0 Å². The topological polar surface area (TPSA) is 104 Å². The Morgan fingerprint density at radius 1 is 1.25 bits per heavy atom. The molecule has 1 aliphatic rings. The number of hydrogen-bond donors (Lipinski definition) is 4. The van der Waals surface area contributed by atoms with Crippen LogP contribution in [0.3, 0.4) is 0 Å². The van der Waals surface area contributed by atoms with Crippen LogP contribution in [-0.2, 0) is 4.79 Å². The molecule has 5 heteroatoms. The zero-order valence-corrected chi connectivity index (χ0v) is 6.55. The smallest absolute Gasteiger partial charge is 0.308 e. The molecule has 0 heterocycles. The normalized spacial score (nSPS) is 42.6. The molecule has 70 valence electrons. The molecule has 0 unspecified atom stereocenters. The zero-order valence-electron chi connectivity index (χ0n) is 6.55. The molecule has 0 aromatic heterocycles. The molecule has 1 fully saturated rings. The van der Waals surface area contributed by atoms with E-state index in [1.165, 1.54) is 0 Å². The maximum atomic E-state index is 10.5. The molecule has 0 amide bonds. The molecule has 0 saturated heterocycles. The summed E-state index contributed by atoms with van der Waals surface area (Å²) < 4.78 is 0. The third-order valence-corrected chi connectivity index (χ3v) is 2.29. The maximum absolute atomic E-state index is 10.5. The summed E-state index contributed by atoms with van der Waals surface area (Å²) in [6.45, 7) is 0. The molecule has 12 heavy (non-hydrogen) atoms. The third kappa shape index (κ3) is 1.74. The lowest BCUT2D eigenvalue weighted by Crippen LogP contribution is -2.48. The van der Waals surface area contributed by atoms with Gasteiger partial charge in [-0.15, -0.1) is 0 Å². The van der Waals surface area contributed by atoms with Gasteiger partial charge in [0.05, 0.1) is 18.1 Å². The van der Waals surface area contributed by atoms with Crippen LogP contribution in [0.25, 0.3) is 0 Å². The van der Waals surface area contributed by atoms with Crippen molar-refractivity contribution in [1.82, 2.24) is 0 Å².